The van der Waals surface area contributed by atoms with Gasteiger partial charge < -0.3 is 9.73 Å². The number of aryl methyl sites for hydroxylation is 1. The van der Waals surface area contributed by atoms with Crippen molar-refractivity contribution in [2.75, 3.05) is 5.32 Å². The SMILES string of the molecule is Cc1ccccc1C(=O)NNC(=O)c1cccc(NC(=O)c2ccc(Br)o2)c1. The third kappa shape index (κ3) is 4.66. The molecule has 0 aliphatic heterocycles. The quantitative estimate of drug-likeness (QED) is 0.537. The Morgan fingerprint density at radius 2 is 1.61 bits per heavy atom. The van der Waals surface area contributed by atoms with Gasteiger partial charge in [0.25, 0.3) is 17.7 Å². The number of carbonyl (C=O) groups excluding carboxylic acids is 3. The van der Waals surface area contributed by atoms with Crippen LogP contribution in [0.5, 0.6) is 0 Å². The van der Waals surface area contributed by atoms with Crippen LogP contribution < -0.4 is 16.2 Å². The summed E-state index contributed by atoms with van der Waals surface area (Å²) in [7, 11) is 0. The first-order valence-electron chi connectivity index (χ1n) is 8.27. The Balaban J connectivity index is 1.63. The summed E-state index contributed by atoms with van der Waals surface area (Å²) in [6.45, 7) is 1.81. The van der Waals surface area contributed by atoms with Gasteiger partial charge in [-0.1, -0.05) is 24.3 Å². The van der Waals surface area contributed by atoms with Crippen molar-refractivity contribution in [1.29, 1.82) is 0 Å². The van der Waals surface area contributed by atoms with Gasteiger partial charge in [-0.2, -0.15) is 0 Å². The van der Waals surface area contributed by atoms with Gasteiger partial charge in [0.15, 0.2) is 10.4 Å². The molecule has 2 aromatic carbocycles. The second-order valence-corrected chi connectivity index (χ2v) is 6.64. The summed E-state index contributed by atoms with van der Waals surface area (Å²) in [6, 6.07) is 16.5. The standard InChI is InChI=1S/C20H16BrN3O4/c1-12-5-2-3-8-15(12)19(26)24-23-18(25)13-6-4-7-14(11-13)22-20(27)16-9-10-17(21)28-16/h2-11H,1H3,(H,22,27)(H,23,25)(H,24,26). The van der Waals surface area contributed by atoms with Crippen molar-refractivity contribution >= 4 is 39.3 Å². The Hall–Kier alpha value is -3.39. The molecule has 0 saturated carbocycles. The Morgan fingerprint density at radius 1 is 0.857 bits per heavy atom. The first-order valence-corrected chi connectivity index (χ1v) is 9.06. The molecule has 1 aromatic heterocycles. The molecular weight excluding hydrogens is 426 g/mol. The molecule has 28 heavy (non-hydrogen) atoms. The number of anilines is 1. The molecule has 3 N–H and O–H groups in total. The molecule has 142 valence electrons. The minimum absolute atomic E-state index is 0.132. The van der Waals surface area contributed by atoms with Crippen LogP contribution >= 0.6 is 15.9 Å². The minimum Gasteiger partial charge on any atom is -0.444 e. The molecule has 0 saturated heterocycles. The lowest BCUT2D eigenvalue weighted by molar-refractivity contribution is 0.0846. The number of amides is 3. The van der Waals surface area contributed by atoms with E-state index in [4.69, 9.17) is 4.42 Å². The van der Waals surface area contributed by atoms with E-state index in [9.17, 15) is 14.4 Å². The zero-order valence-electron chi connectivity index (χ0n) is 14.8. The molecule has 0 atom stereocenters. The zero-order valence-corrected chi connectivity index (χ0v) is 16.4. The summed E-state index contributed by atoms with van der Waals surface area (Å²) in [5.74, 6) is -1.25. The van der Waals surface area contributed by atoms with E-state index in [1.54, 1.807) is 49.4 Å². The lowest BCUT2D eigenvalue weighted by atomic mass is 10.1. The smallest absolute Gasteiger partial charge is 0.291 e. The van der Waals surface area contributed by atoms with Crippen LogP contribution in [0.15, 0.2) is 69.8 Å². The van der Waals surface area contributed by atoms with Gasteiger partial charge in [0.2, 0.25) is 0 Å². The molecule has 0 spiro atoms. The second-order valence-electron chi connectivity index (χ2n) is 5.86. The van der Waals surface area contributed by atoms with E-state index in [1.807, 2.05) is 6.07 Å². The zero-order chi connectivity index (χ0) is 20.1. The number of hydrogen-bond acceptors (Lipinski definition) is 4. The minimum atomic E-state index is -0.515. The van der Waals surface area contributed by atoms with Gasteiger partial charge in [0, 0.05) is 16.8 Å². The molecule has 0 fully saturated rings. The third-order valence-electron chi connectivity index (χ3n) is 3.86. The average Bonchev–Trinajstić information content (AvgIpc) is 3.13. The highest BCUT2D eigenvalue weighted by atomic mass is 79.9. The Labute approximate surface area is 169 Å². The van der Waals surface area contributed by atoms with Gasteiger partial charge in [-0.05, 0) is 64.8 Å². The van der Waals surface area contributed by atoms with E-state index in [1.165, 1.54) is 12.1 Å². The molecule has 3 rings (SSSR count). The van der Waals surface area contributed by atoms with Gasteiger partial charge in [-0.3, -0.25) is 25.2 Å². The summed E-state index contributed by atoms with van der Waals surface area (Å²) >= 11 is 3.13. The van der Waals surface area contributed by atoms with Crippen molar-refractivity contribution in [1.82, 2.24) is 10.9 Å². The number of hydrazine groups is 1. The van der Waals surface area contributed by atoms with Crippen LogP contribution in [0.1, 0.15) is 36.8 Å². The third-order valence-corrected chi connectivity index (χ3v) is 4.29. The normalized spacial score (nSPS) is 10.2. The van der Waals surface area contributed by atoms with E-state index in [0.29, 0.717) is 15.9 Å². The molecule has 0 aliphatic carbocycles. The predicted molar refractivity (Wildman–Crippen MR) is 107 cm³/mol. The first-order chi connectivity index (χ1) is 13.4. The van der Waals surface area contributed by atoms with Gasteiger partial charge in [-0.25, -0.2) is 0 Å². The van der Waals surface area contributed by atoms with Crippen LogP contribution in [0.3, 0.4) is 0 Å². The Bertz CT molecular complexity index is 1050. The highest BCUT2D eigenvalue weighted by Gasteiger charge is 2.13. The molecule has 0 radical (unpaired) electrons. The largest absolute Gasteiger partial charge is 0.444 e. The van der Waals surface area contributed by atoms with Gasteiger partial charge in [-0.15, -0.1) is 0 Å². The summed E-state index contributed by atoms with van der Waals surface area (Å²) < 4.78 is 5.63. The van der Waals surface area contributed by atoms with E-state index < -0.39 is 17.7 Å². The van der Waals surface area contributed by atoms with Crippen LogP contribution in [-0.2, 0) is 0 Å². The summed E-state index contributed by atoms with van der Waals surface area (Å²) in [4.78, 5) is 36.6. The maximum atomic E-state index is 12.3. The van der Waals surface area contributed by atoms with Crippen molar-refractivity contribution in [2.45, 2.75) is 6.92 Å². The van der Waals surface area contributed by atoms with E-state index in [2.05, 4.69) is 32.1 Å². The fraction of sp³-hybridized carbons (Fsp3) is 0.0500. The highest BCUT2D eigenvalue weighted by molar-refractivity contribution is 9.10. The van der Waals surface area contributed by atoms with Crippen LogP contribution in [0.25, 0.3) is 0 Å². The molecule has 1 heterocycles. The van der Waals surface area contributed by atoms with Crippen molar-refractivity contribution in [3.8, 4) is 0 Å². The average molecular weight is 442 g/mol. The highest BCUT2D eigenvalue weighted by Crippen LogP contribution is 2.17. The number of halogens is 1. The van der Waals surface area contributed by atoms with Crippen LogP contribution in [-0.4, -0.2) is 17.7 Å². The molecule has 0 aliphatic rings. The first kappa shape index (κ1) is 19.4. The Morgan fingerprint density at radius 3 is 2.32 bits per heavy atom. The fourth-order valence-corrected chi connectivity index (χ4v) is 2.75. The maximum absolute atomic E-state index is 12.3. The lowest BCUT2D eigenvalue weighted by Gasteiger charge is -2.10. The molecule has 7 nitrogen and oxygen atoms in total. The van der Waals surface area contributed by atoms with Crippen molar-refractivity contribution in [2.24, 2.45) is 0 Å². The molecule has 8 heteroatoms. The molecule has 0 unspecified atom stereocenters. The summed E-state index contributed by atoms with van der Waals surface area (Å²) in [5, 5.41) is 2.64. The van der Waals surface area contributed by atoms with Gasteiger partial charge in [0.1, 0.15) is 0 Å². The number of hydrogen-bond donors (Lipinski definition) is 3. The Kier molecular flexibility index (Phi) is 5.90. The number of benzene rings is 2. The van der Waals surface area contributed by atoms with Gasteiger partial charge >= 0.3 is 0 Å². The van der Waals surface area contributed by atoms with Crippen LogP contribution in [0.4, 0.5) is 5.69 Å². The van der Waals surface area contributed by atoms with Crippen molar-refractivity contribution < 1.29 is 18.8 Å². The van der Waals surface area contributed by atoms with Gasteiger partial charge in [0.05, 0.1) is 0 Å². The van der Waals surface area contributed by atoms with Crippen LogP contribution in [0.2, 0.25) is 0 Å². The number of rotatable bonds is 4. The number of nitrogens with one attached hydrogen (secondary N) is 3. The molecule has 0 bridgehead atoms. The van der Waals surface area contributed by atoms with E-state index >= 15 is 0 Å². The maximum Gasteiger partial charge on any atom is 0.291 e. The van der Waals surface area contributed by atoms with E-state index in [-0.39, 0.29) is 11.3 Å². The fourth-order valence-electron chi connectivity index (χ4n) is 2.45. The number of furan rings is 1. The molecular formula is C20H16BrN3O4. The van der Waals surface area contributed by atoms with Crippen LogP contribution in [0, 0.1) is 6.92 Å². The summed E-state index contributed by atoms with van der Waals surface area (Å²) in [5.41, 5.74) is 6.69. The monoisotopic (exact) mass is 441 g/mol. The number of carbonyl (C=O) groups is 3. The topological polar surface area (TPSA) is 100 Å². The molecule has 3 aromatic rings. The van der Waals surface area contributed by atoms with Crippen molar-refractivity contribution in [3.05, 3.63) is 87.8 Å². The lowest BCUT2D eigenvalue weighted by Crippen LogP contribution is -2.41. The summed E-state index contributed by atoms with van der Waals surface area (Å²) in [6.07, 6.45) is 0. The predicted octanol–water partition coefficient (Wildman–Crippen LogP) is 3.68. The molecule has 3 amide bonds. The van der Waals surface area contributed by atoms with Crippen molar-refractivity contribution in [3.63, 3.8) is 0 Å². The second kappa shape index (κ2) is 8.53. The van der Waals surface area contributed by atoms with E-state index in [0.717, 1.165) is 5.56 Å².